The van der Waals surface area contributed by atoms with Crippen LogP contribution in [0.25, 0.3) is 0 Å². The van der Waals surface area contributed by atoms with E-state index in [2.05, 4.69) is 15.9 Å². The summed E-state index contributed by atoms with van der Waals surface area (Å²) in [6.07, 6.45) is 0. The van der Waals surface area contributed by atoms with Crippen LogP contribution in [0.1, 0.15) is 0 Å². The molecular weight excluding hydrogens is 286 g/mol. The summed E-state index contributed by atoms with van der Waals surface area (Å²) in [6, 6.07) is 1.94. The van der Waals surface area contributed by atoms with Crippen molar-refractivity contribution in [1.29, 1.82) is 0 Å². The fourth-order valence-corrected chi connectivity index (χ4v) is 2.26. The van der Waals surface area contributed by atoms with Gasteiger partial charge in [0, 0.05) is 15.2 Å². The van der Waals surface area contributed by atoms with E-state index >= 15 is 0 Å². The normalized spacial score (nSPS) is 11.6. The van der Waals surface area contributed by atoms with Crippen LogP contribution in [0.2, 0.25) is 0 Å². The number of hydrogen-bond acceptors (Lipinski definition) is 3. The van der Waals surface area contributed by atoms with Gasteiger partial charge in [0.2, 0.25) is 0 Å². The highest BCUT2D eigenvalue weighted by molar-refractivity contribution is 9.10. The maximum atomic E-state index is 13.0. The van der Waals surface area contributed by atoms with Crippen LogP contribution >= 0.6 is 26.6 Å². The second-order valence-electron chi connectivity index (χ2n) is 2.17. The molecule has 0 aromatic heterocycles. The summed E-state index contributed by atoms with van der Waals surface area (Å²) >= 11 is 2.88. The maximum absolute atomic E-state index is 13.0. The molecule has 13 heavy (non-hydrogen) atoms. The molecule has 0 amide bonds. The van der Waals surface area contributed by atoms with Crippen LogP contribution in [0.5, 0.6) is 5.75 Å². The molecule has 7 heteroatoms. The summed E-state index contributed by atoms with van der Waals surface area (Å²) in [4.78, 5) is -0.905. The largest absolute Gasteiger partial charge is 0.506 e. The lowest BCUT2D eigenvalue weighted by molar-refractivity contribution is 0.445. The second-order valence-corrected chi connectivity index (χ2v) is 5.59. The lowest BCUT2D eigenvalue weighted by Crippen LogP contribution is -1.95. The monoisotopic (exact) mass is 288 g/mol. The van der Waals surface area contributed by atoms with Crippen molar-refractivity contribution in [1.82, 2.24) is 0 Å². The molecule has 0 unspecified atom stereocenters. The Labute approximate surface area is 86.7 Å². The molecule has 0 atom stereocenters. The Morgan fingerprint density at radius 2 is 2.00 bits per heavy atom. The van der Waals surface area contributed by atoms with E-state index in [4.69, 9.17) is 15.8 Å². The summed E-state index contributed by atoms with van der Waals surface area (Å²) in [5, 5.41) is 9.07. The first kappa shape index (κ1) is 10.7. The number of benzene rings is 1. The van der Waals surface area contributed by atoms with Gasteiger partial charge in [-0.15, -0.1) is 0 Å². The summed E-state index contributed by atoms with van der Waals surface area (Å²) < 4.78 is 34.7. The smallest absolute Gasteiger partial charge is 0.267 e. The van der Waals surface area contributed by atoms with Crippen LogP contribution in [0, 0.1) is 5.82 Å². The number of halogens is 3. The Balaban J connectivity index is 3.57. The van der Waals surface area contributed by atoms with Crippen molar-refractivity contribution in [2.75, 3.05) is 0 Å². The second kappa shape index (κ2) is 3.43. The summed E-state index contributed by atoms with van der Waals surface area (Å²) in [7, 11) is 0.624. The standard InChI is InChI=1S/C6H3BrClFO3S/c7-3-1-4(9)6(5(10)2-3)13(8,11)12/h1-2,10H. The lowest BCUT2D eigenvalue weighted by Gasteiger charge is -2.02. The van der Waals surface area contributed by atoms with Crippen LogP contribution in [-0.4, -0.2) is 13.5 Å². The predicted octanol–water partition coefficient (Wildman–Crippen LogP) is 2.22. The van der Waals surface area contributed by atoms with E-state index < -0.39 is 25.5 Å². The van der Waals surface area contributed by atoms with E-state index in [1.807, 2.05) is 0 Å². The van der Waals surface area contributed by atoms with Crippen molar-refractivity contribution in [2.45, 2.75) is 4.90 Å². The highest BCUT2D eigenvalue weighted by Gasteiger charge is 2.21. The highest BCUT2D eigenvalue weighted by atomic mass is 79.9. The van der Waals surface area contributed by atoms with Crippen molar-refractivity contribution >= 4 is 35.7 Å². The Kier molecular flexibility index (Phi) is 2.84. The minimum Gasteiger partial charge on any atom is -0.506 e. The molecule has 72 valence electrons. The van der Waals surface area contributed by atoms with Gasteiger partial charge < -0.3 is 5.11 Å². The zero-order valence-corrected chi connectivity index (χ0v) is 9.12. The molecule has 0 spiro atoms. The average Bonchev–Trinajstić information content (AvgIpc) is 1.78. The van der Waals surface area contributed by atoms with Gasteiger partial charge in [0.05, 0.1) is 0 Å². The minimum absolute atomic E-state index is 0.228. The number of phenols is 1. The third-order valence-electron chi connectivity index (χ3n) is 1.23. The molecule has 0 saturated heterocycles. The first-order valence-electron chi connectivity index (χ1n) is 2.95. The molecule has 1 N–H and O–H groups in total. The van der Waals surface area contributed by atoms with Crippen molar-refractivity contribution in [3.63, 3.8) is 0 Å². The molecule has 0 bridgehead atoms. The van der Waals surface area contributed by atoms with Gasteiger partial charge in [-0.2, -0.15) is 0 Å². The van der Waals surface area contributed by atoms with Crippen LogP contribution in [0.15, 0.2) is 21.5 Å². The molecule has 0 aliphatic rings. The van der Waals surface area contributed by atoms with Gasteiger partial charge in [-0.3, -0.25) is 0 Å². The van der Waals surface area contributed by atoms with Crippen molar-refractivity contribution < 1.29 is 17.9 Å². The van der Waals surface area contributed by atoms with E-state index in [1.54, 1.807) is 0 Å². The Morgan fingerprint density at radius 3 is 2.38 bits per heavy atom. The Morgan fingerprint density at radius 1 is 1.46 bits per heavy atom. The molecule has 0 fully saturated rings. The fraction of sp³-hybridized carbons (Fsp3) is 0. The number of aromatic hydroxyl groups is 1. The first-order chi connectivity index (χ1) is 5.82. The average molecular weight is 290 g/mol. The summed E-state index contributed by atoms with van der Waals surface area (Å²) in [5.74, 6) is -1.82. The van der Waals surface area contributed by atoms with Crippen molar-refractivity contribution in [3.05, 3.63) is 22.4 Å². The Bertz CT molecular complexity index is 422. The number of phenolic OH excluding ortho intramolecular Hbond substituents is 1. The molecule has 0 aliphatic heterocycles. The van der Waals surface area contributed by atoms with E-state index in [0.29, 0.717) is 0 Å². The van der Waals surface area contributed by atoms with Crippen molar-refractivity contribution in [3.8, 4) is 5.75 Å². The maximum Gasteiger partial charge on any atom is 0.267 e. The van der Waals surface area contributed by atoms with Gasteiger partial charge in [-0.25, -0.2) is 12.8 Å². The fourth-order valence-electron chi connectivity index (χ4n) is 0.788. The van der Waals surface area contributed by atoms with Gasteiger partial charge in [-0.05, 0) is 12.1 Å². The van der Waals surface area contributed by atoms with E-state index in [-0.39, 0.29) is 4.47 Å². The molecule has 0 heterocycles. The van der Waals surface area contributed by atoms with E-state index in [1.165, 1.54) is 0 Å². The Hall–Kier alpha value is -0.330. The summed E-state index contributed by atoms with van der Waals surface area (Å²) in [5.41, 5.74) is 0. The third kappa shape index (κ3) is 2.32. The zero-order chi connectivity index (χ0) is 10.2. The number of rotatable bonds is 1. The van der Waals surface area contributed by atoms with E-state index in [9.17, 15) is 12.8 Å². The molecule has 1 aromatic rings. The van der Waals surface area contributed by atoms with Crippen LogP contribution in [0.4, 0.5) is 4.39 Å². The molecule has 0 radical (unpaired) electrons. The van der Waals surface area contributed by atoms with Crippen LogP contribution < -0.4 is 0 Å². The molecule has 0 saturated carbocycles. The highest BCUT2D eigenvalue weighted by Crippen LogP contribution is 2.31. The topological polar surface area (TPSA) is 54.4 Å². The predicted molar refractivity (Wildman–Crippen MR) is 48.8 cm³/mol. The third-order valence-corrected chi connectivity index (χ3v) is 3.05. The molecule has 0 aliphatic carbocycles. The van der Waals surface area contributed by atoms with Gasteiger partial charge in [0.15, 0.2) is 4.90 Å². The SMILES string of the molecule is O=S(=O)(Cl)c1c(O)cc(Br)cc1F. The van der Waals surface area contributed by atoms with Crippen molar-refractivity contribution in [2.24, 2.45) is 0 Å². The summed E-state index contributed by atoms with van der Waals surface area (Å²) in [6.45, 7) is 0. The lowest BCUT2D eigenvalue weighted by atomic mass is 10.3. The minimum atomic E-state index is -4.25. The van der Waals surface area contributed by atoms with Crippen LogP contribution in [0.3, 0.4) is 0 Å². The molecule has 1 rings (SSSR count). The van der Waals surface area contributed by atoms with Gasteiger partial charge in [0.1, 0.15) is 11.6 Å². The quantitative estimate of drug-likeness (QED) is 0.807. The van der Waals surface area contributed by atoms with Crippen LogP contribution in [-0.2, 0) is 9.05 Å². The van der Waals surface area contributed by atoms with Gasteiger partial charge in [-0.1, -0.05) is 15.9 Å². The molecule has 3 nitrogen and oxygen atoms in total. The molecular formula is C6H3BrClFO3S. The van der Waals surface area contributed by atoms with Gasteiger partial charge in [0.25, 0.3) is 9.05 Å². The zero-order valence-electron chi connectivity index (χ0n) is 5.96. The van der Waals surface area contributed by atoms with E-state index in [0.717, 1.165) is 12.1 Å². The first-order valence-corrected chi connectivity index (χ1v) is 6.05. The molecule has 1 aromatic carbocycles. The van der Waals surface area contributed by atoms with Gasteiger partial charge >= 0.3 is 0 Å². The number of hydrogen-bond donors (Lipinski definition) is 1.